The number of likely N-dealkylation sites (N-methyl/N-ethyl adjacent to an activating group) is 1. The molecule has 0 radical (unpaired) electrons. The third-order valence-corrected chi connectivity index (χ3v) is 12.1. The molecule has 0 aromatic heterocycles. The first-order valence-electron chi connectivity index (χ1n) is 19.7. The van der Waals surface area contributed by atoms with Gasteiger partial charge >= 0.3 is 0 Å². The molecule has 2 aromatic rings. The lowest BCUT2D eigenvalue weighted by Gasteiger charge is -2.33. The molecule has 4 N–H and O–H groups in total. The summed E-state index contributed by atoms with van der Waals surface area (Å²) >= 11 is 12.8. The number of carbonyl (C=O) groups excluding carboxylic acids is 2. The van der Waals surface area contributed by atoms with Gasteiger partial charge < -0.3 is 48.9 Å². The second-order valence-electron chi connectivity index (χ2n) is 14.1. The zero-order valence-electron chi connectivity index (χ0n) is 34.2. The van der Waals surface area contributed by atoms with Crippen molar-refractivity contribution in [2.75, 3.05) is 118 Å². The number of hydrogen-bond acceptors (Lipinski definition) is 15. The number of sulfone groups is 1. The molecule has 0 saturated heterocycles. The molecule has 21 heteroatoms. The monoisotopic (exact) mass is 927 g/mol. The number of aliphatic hydroxyl groups excluding tert-OH is 2. The molecule has 1 amide bonds. The number of hydrogen-bond donors (Lipinski definition) is 4. The topological polar surface area (TPSA) is 226 Å². The van der Waals surface area contributed by atoms with Gasteiger partial charge in [0, 0.05) is 68.0 Å². The van der Waals surface area contributed by atoms with Crippen LogP contribution in [-0.4, -0.2) is 174 Å². The molecule has 3 atom stereocenters. The van der Waals surface area contributed by atoms with E-state index < -0.39 is 43.8 Å². The van der Waals surface area contributed by atoms with Crippen LogP contribution in [0.1, 0.15) is 41.9 Å². The van der Waals surface area contributed by atoms with Crippen LogP contribution in [0.4, 0.5) is 0 Å². The fourth-order valence-corrected chi connectivity index (χ4v) is 8.24. The van der Waals surface area contributed by atoms with Gasteiger partial charge in [-0.15, -0.1) is 0 Å². The smallest absolute Gasteiger partial charge is 0.252 e. The molecule has 2 aromatic carbocycles. The quantitative estimate of drug-likeness (QED) is 0.0765. The van der Waals surface area contributed by atoms with Crippen molar-refractivity contribution >= 4 is 54.8 Å². The molecule has 17 nitrogen and oxygen atoms in total. The lowest BCUT2D eigenvalue weighted by Crippen LogP contribution is -2.46. The number of ether oxygens (including phenoxy) is 6. The number of aliphatic hydroxyl groups is 2. The molecule has 0 saturated carbocycles. The summed E-state index contributed by atoms with van der Waals surface area (Å²) in [7, 11) is -4.74. The Balaban J connectivity index is 1.14. The highest BCUT2D eigenvalue weighted by atomic mass is 35.5. The van der Waals surface area contributed by atoms with Crippen LogP contribution in [0, 0.1) is 0 Å². The average Bonchev–Trinajstić information content (AvgIpc) is 3.20. The minimum absolute atomic E-state index is 0.00718. The second kappa shape index (κ2) is 27.7. The molecule has 340 valence electrons. The Hall–Kier alpha value is -2.34. The molecule has 1 aliphatic heterocycles. The molecular formula is C39H59Cl2N3O14S2. The van der Waals surface area contributed by atoms with Crippen LogP contribution in [0.3, 0.4) is 0 Å². The number of nitrogens with one attached hydrogen (secondary N) is 2. The predicted molar refractivity (Wildman–Crippen MR) is 225 cm³/mol. The summed E-state index contributed by atoms with van der Waals surface area (Å²) in [6.45, 7) is 4.48. The van der Waals surface area contributed by atoms with Crippen LogP contribution in [0.2, 0.25) is 10.0 Å². The molecule has 1 aliphatic rings. The van der Waals surface area contributed by atoms with Crippen molar-refractivity contribution in [3.8, 4) is 0 Å². The van der Waals surface area contributed by atoms with Gasteiger partial charge in [0.15, 0.2) is 11.9 Å². The largest absolute Gasteiger partial charge is 0.382 e. The summed E-state index contributed by atoms with van der Waals surface area (Å²) in [6, 6.07) is 10.4. The molecule has 0 bridgehead atoms. The summed E-state index contributed by atoms with van der Waals surface area (Å²) in [4.78, 5) is 26.7. The highest BCUT2D eigenvalue weighted by Gasteiger charge is 2.30. The molecule has 1 heterocycles. The maximum Gasteiger partial charge on any atom is 0.252 e. The highest BCUT2D eigenvalue weighted by Crippen LogP contribution is 2.38. The van der Waals surface area contributed by atoms with Crippen molar-refractivity contribution in [2.24, 2.45) is 0 Å². The van der Waals surface area contributed by atoms with Gasteiger partial charge in [0.1, 0.15) is 15.9 Å². The van der Waals surface area contributed by atoms with Gasteiger partial charge in [-0.1, -0.05) is 35.3 Å². The number of carbonyl (C=O) groups is 2. The predicted octanol–water partition coefficient (Wildman–Crippen LogP) is 1.57. The Kier molecular flexibility index (Phi) is 24.0. The van der Waals surface area contributed by atoms with Gasteiger partial charge in [-0.2, -0.15) is 0 Å². The van der Waals surface area contributed by atoms with E-state index in [4.69, 9.17) is 51.6 Å². The van der Waals surface area contributed by atoms with Crippen LogP contribution in [0.15, 0.2) is 41.3 Å². The van der Waals surface area contributed by atoms with Crippen molar-refractivity contribution in [1.29, 1.82) is 0 Å². The molecule has 0 spiro atoms. The number of nitrogens with zero attached hydrogens (tertiary/aromatic N) is 1. The van der Waals surface area contributed by atoms with E-state index in [0.29, 0.717) is 49.4 Å². The van der Waals surface area contributed by atoms with Gasteiger partial charge in [-0.05, 0) is 60.8 Å². The van der Waals surface area contributed by atoms with E-state index in [9.17, 15) is 36.6 Å². The lowest BCUT2D eigenvalue weighted by molar-refractivity contribution is -0.145. The van der Waals surface area contributed by atoms with Gasteiger partial charge in [0.2, 0.25) is 10.0 Å². The summed E-state index contributed by atoms with van der Waals surface area (Å²) in [5.41, 5.74) is 3.02. The number of halogens is 2. The number of rotatable bonds is 32. The first-order chi connectivity index (χ1) is 28.6. The number of ketones is 1. The Morgan fingerprint density at radius 3 is 1.88 bits per heavy atom. The Bertz CT molecular complexity index is 1820. The van der Waals surface area contributed by atoms with E-state index in [-0.39, 0.29) is 95.4 Å². The lowest BCUT2D eigenvalue weighted by atomic mass is 9.85. The number of amides is 1. The normalized spacial score (nSPS) is 15.7. The minimum atomic E-state index is -3.75. The number of fused-ring (bicyclic) bond motifs is 1. The number of benzene rings is 2. The maximum absolute atomic E-state index is 12.9. The molecular weight excluding hydrogens is 869 g/mol. The van der Waals surface area contributed by atoms with Crippen LogP contribution >= 0.6 is 23.2 Å². The van der Waals surface area contributed by atoms with Crippen LogP contribution < -0.4 is 10.0 Å². The fourth-order valence-electron chi connectivity index (χ4n) is 6.02. The third-order valence-electron chi connectivity index (χ3n) is 9.07. The van der Waals surface area contributed by atoms with Crippen LogP contribution in [0.5, 0.6) is 0 Å². The zero-order chi connectivity index (χ0) is 44.0. The molecule has 0 unspecified atom stereocenters. The standard InChI is InChI=1S/C39H59Cl2N3O14S2/c1-44-27-33(32-25-30(40)26-35(41)34(32)28-44)29-6-8-31(9-7-29)60(51,52)43-11-15-56-19-23-58-22-18-55-14-10-42-39(48)38(47)37(46)36(45)5-3-12-53-16-20-57-21-17-54-13-4-24-59(2,49)50/h6-9,25-26,33,37-38,43,46-47H,3-5,10-24,27-28H2,1-2H3,(H,42,48)/t33-,37-,38+/m0/s1. The molecule has 3 rings (SSSR count). The second-order valence-corrected chi connectivity index (χ2v) is 19.0. The van der Waals surface area contributed by atoms with E-state index in [1.54, 1.807) is 18.2 Å². The van der Waals surface area contributed by atoms with Crippen molar-refractivity contribution in [2.45, 2.75) is 48.8 Å². The van der Waals surface area contributed by atoms with E-state index >= 15 is 0 Å². The number of Topliss-reactive ketones (excluding diaryl/α,β-unsaturated/α-hetero) is 1. The first-order valence-corrected chi connectivity index (χ1v) is 24.0. The third kappa shape index (κ3) is 19.8. The van der Waals surface area contributed by atoms with Crippen LogP contribution in [0.25, 0.3) is 0 Å². The Labute approximate surface area is 363 Å². The molecule has 0 fully saturated rings. The van der Waals surface area contributed by atoms with Crippen LogP contribution in [-0.2, 0) is 64.4 Å². The van der Waals surface area contributed by atoms with Crippen molar-refractivity contribution in [3.63, 3.8) is 0 Å². The molecule has 60 heavy (non-hydrogen) atoms. The van der Waals surface area contributed by atoms with Crippen molar-refractivity contribution < 1.29 is 65.1 Å². The average molecular weight is 929 g/mol. The highest BCUT2D eigenvalue weighted by molar-refractivity contribution is 7.90. The first kappa shape index (κ1) is 52.0. The van der Waals surface area contributed by atoms with Crippen molar-refractivity contribution in [3.05, 3.63) is 63.1 Å². The maximum atomic E-state index is 12.9. The van der Waals surface area contributed by atoms with E-state index in [1.165, 1.54) is 6.26 Å². The zero-order valence-corrected chi connectivity index (χ0v) is 37.3. The van der Waals surface area contributed by atoms with E-state index in [2.05, 4.69) is 14.9 Å². The molecule has 0 aliphatic carbocycles. The van der Waals surface area contributed by atoms with Gasteiger partial charge in [0.05, 0.1) is 76.7 Å². The fraction of sp³-hybridized carbons (Fsp3) is 0.641. The minimum Gasteiger partial charge on any atom is -0.382 e. The van der Waals surface area contributed by atoms with Crippen molar-refractivity contribution in [1.82, 2.24) is 14.9 Å². The van der Waals surface area contributed by atoms with E-state index in [1.807, 2.05) is 25.2 Å². The summed E-state index contributed by atoms with van der Waals surface area (Å²) in [5, 5.41) is 23.7. The van der Waals surface area contributed by atoms with E-state index in [0.717, 1.165) is 23.2 Å². The summed E-state index contributed by atoms with van der Waals surface area (Å²) in [6.07, 6.45) is -2.03. The Morgan fingerprint density at radius 1 is 0.767 bits per heavy atom. The van der Waals surface area contributed by atoms with Gasteiger partial charge in [-0.3, -0.25) is 9.59 Å². The summed E-state index contributed by atoms with van der Waals surface area (Å²) in [5.74, 6) is -1.54. The van der Waals surface area contributed by atoms with Gasteiger partial charge in [0.25, 0.3) is 5.91 Å². The Morgan fingerprint density at radius 2 is 1.30 bits per heavy atom. The number of sulfonamides is 1. The SMILES string of the molecule is CN1Cc2c(Cl)cc(Cl)cc2[C@H](c2ccc(S(=O)(=O)NCCOCCOCCOCCNC(=O)[C@H](O)[C@@H](O)C(=O)CCCOCCOCCOCCCS(C)(=O)=O)cc2)C1. The summed E-state index contributed by atoms with van der Waals surface area (Å²) < 4.78 is 82.6. The van der Waals surface area contributed by atoms with Gasteiger partial charge in [-0.25, -0.2) is 21.6 Å².